The van der Waals surface area contributed by atoms with Crippen molar-refractivity contribution in [3.63, 3.8) is 0 Å². The Balaban J connectivity index is 1.14. The van der Waals surface area contributed by atoms with Crippen LogP contribution in [0.2, 0.25) is 0 Å². The monoisotopic (exact) mass is 597 g/mol. The second-order valence-electron chi connectivity index (χ2n) is 11.2. The summed E-state index contributed by atoms with van der Waals surface area (Å²) in [5.41, 5.74) is 0.231. The summed E-state index contributed by atoms with van der Waals surface area (Å²) in [4.78, 5) is 45.1. The average Bonchev–Trinajstić information content (AvgIpc) is 3.60. The molecule has 3 aromatic rings. The first-order valence-electron chi connectivity index (χ1n) is 14.0. The minimum atomic E-state index is -4.50. The largest absolute Gasteiger partial charge is 0.416 e. The van der Waals surface area contributed by atoms with E-state index in [1.807, 2.05) is 27.8 Å². The Bertz CT molecular complexity index is 1520. The molecule has 2 aromatic carbocycles. The number of halogens is 3. The predicted octanol–water partition coefficient (Wildman–Crippen LogP) is 5.29. The number of hydrogen-bond donors (Lipinski definition) is 1. The molecule has 0 spiro atoms. The van der Waals surface area contributed by atoms with E-state index in [9.17, 15) is 32.7 Å². The van der Waals surface area contributed by atoms with E-state index in [2.05, 4.69) is 0 Å². The van der Waals surface area contributed by atoms with Crippen LogP contribution in [-0.4, -0.2) is 58.8 Å². The fourth-order valence-corrected chi connectivity index (χ4v) is 6.97. The van der Waals surface area contributed by atoms with Crippen LogP contribution in [0.5, 0.6) is 0 Å². The van der Waals surface area contributed by atoms with E-state index in [0.717, 1.165) is 24.1 Å². The van der Waals surface area contributed by atoms with Crippen molar-refractivity contribution in [2.45, 2.75) is 44.0 Å². The number of fused-ring (bicyclic) bond motifs is 1. The molecule has 3 aliphatic rings. The molecule has 3 amide bonds. The molecule has 2 saturated heterocycles. The van der Waals surface area contributed by atoms with Crippen LogP contribution in [0.4, 0.5) is 18.9 Å². The Kier molecular flexibility index (Phi) is 7.34. The van der Waals surface area contributed by atoms with Crippen LogP contribution < -0.4 is 4.90 Å². The van der Waals surface area contributed by atoms with Gasteiger partial charge in [0.25, 0.3) is 11.8 Å². The highest BCUT2D eigenvalue weighted by Crippen LogP contribution is 2.38. The number of thiophene rings is 1. The van der Waals surface area contributed by atoms with E-state index in [4.69, 9.17) is 0 Å². The fourth-order valence-electron chi connectivity index (χ4n) is 6.31. The van der Waals surface area contributed by atoms with Crippen molar-refractivity contribution >= 4 is 34.7 Å². The number of hydrogen-bond acceptors (Lipinski definition) is 6. The highest BCUT2D eigenvalue weighted by Gasteiger charge is 2.42. The predicted molar refractivity (Wildman–Crippen MR) is 151 cm³/mol. The average molecular weight is 598 g/mol. The molecule has 1 N–H and O–H groups in total. The number of imide groups is 1. The third kappa shape index (κ3) is 5.20. The molecular formula is C31H30F3N3O4S. The smallest absolute Gasteiger partial charge is 0.385 e. The second-order valence-corrected chi connectivity index (χ2v) is 12.0. The van der Waals surface area contributed by atoms with Crippen LogP contribution in [-0.2, 0) is 23.1 Å². The van der Waals surface area contributed by atoms with E-state index in [0.29, 0.717) is 36.3 Å². The zero-order valence-corrected chi connectivity index (χ0v) is 23.6. The molecule has 1 atom stereocenters. The molecule has 220 valence electrons. The third-order valence-corrected chi connectivity index (χ3v) is 9.37. The molecule has 3 aliphatic heterocycles. The lowest BCUT2D eigenvalue weighted by Crippen LogP contribution is -2.50. The number of likely N-dealkylation sites (tertiary alicyclic amines) is 1. The van der Waals surface area contributed by atoms with Gasteiger partial charge >= 0.3 is 6.18 Å². The second kappa shape index (κ2) is 10.9. The number of rotatable bonds is 5. The number of aliphatic hydroxyl groups is 1. The summed E-state index contributed by atoms with van der Waals surface area (Å²) in [5, 5.41) is 15.0. The molecule has 0 radical (unpaired) electrons. The normalized spacial score (nSPS) is 20.7. The topological polar surface area (TPSA) is 81.2 Å². The van der Waals surface area contributed by atoms with Gasteiger partial charge in [-0.2, -0.15) is 24.5 Å². The zero-order chi connectivity index (χ0) is 29.6. The highest BCUT2D eigenvalue weighted by atomic mass is 32.1. The molecule has 2 fully saturated rings. The Morgan fingerprint density at radius 3 is 2.50 bits per heavy atom. The Hall–Kier alpha value is -3.70. The van der Waals surface area contributed by atoms with Crippen molar-refractivity contribution in [3.05, 3.63) is 87.1 Å². The number of nitrogens with zero attached hydrogens (tertiary/aromatic N) is 3. The first-order chi connectivity index (χ1) is 20.0. The molecule has 6 rings (SSSR count). The lowest BCUT2D eigenvalue weighted by atomic mass is 9.83. The highest BCUT2D eigenvalue weighted by molar-refractivity contribution is 7.07. The summed E-state index contributed by atoms with van der Waals surface area (Å²) in [5.74, 6) is -1.08. The SMILES string of the molecule is O=C(C1CCCN(c2cccc3c2C(=O)N(Cc2ccsc2)C3=O)C1)N1CCC(O)(c2cccc(C(F)(F)F)c2)CC1. The summed E-state index contributed by atoms with van der Waals surface area (Å²) in [6.07, 6.45) is -2.84. The summed E-state index contributed by atoms with van der Waals surface area (Å²) >= 11 is 1.50. The first-order valence-corrected chi connectivity index (χ1v) is 14.9. The van der Waals surface area contributed by atoms with Crippen LogP contribution in [0.15, 0.2) is 59.3 Å². The van der Waals surface area contributed by atoms with E-state index in [1.54, 1.807) is 17.0 Å². The van der Waals surface area contributed by atoms with Gasteiger partial charge in [-0.25, -0.2) is 0 Å². The maximum atomic E-state index is 13.6. The van der Waals surface area contributed by atoms with Crippen molar-refractivity contribution in [2.75, 3.05) is 31.1 Å². The number of alkyl halides is 3. The van der Waals surface area contributed by atoms with Gasteiger partial charge < -0.3 is 14.9 Å². The lowest BCUT2D eigenvalue weighted by molar-refractivity contribution is -0.140. The molecule has 1 unspecified atom stereocenters. The van der Waals surface area contributed by atoms with E-state index in [-0.39, 0.29) is 61.7 Å². The van der Waals surface area contributed by atoms with Crippen molar-refractivity contribution in [1.29, 1.82) is 0 Å². The molecule has 11 heteroatoms. The Morgan fingerprint density at radius 2 is 1.79 bits per heavy atom. The van der Waals surface area contributed by atoms with Gasteiger partial charge in [0, 0.05) is 26.2 Å². The molecule has 0 bridgehead atoms. The Labute approximate surface area is 245 Å². The third-order valence-electron chi connectivity index (χ3n) is 8.64. The molecule has 0 saturated carbocycles. The van der Waals surface area contributed by atoms with E-state index in [1.165, 1.54) is 28.4 Å². The number of anilines is 1. The van der Waals surface area contributed by atoms with Crippen molar-refractivity contribution < 1.29 is 32.7 Å². The standard InChI is InChI=1S/C31H30F3N3O4S/c32-31(33,34)23-6-1-5-22(16-23)30(41)10-13-35(14-11-30)27(38)21-4-3-12-36(18-21)25-8-2-7-24-26(25)29(40)37(28(24)39)17-20-9-15-42-19-20/h1-2,5-9,15-16,19,21,41H,3-4,10-14,17-18H2. The van der Waals surface area contributed by atoms with Gasteiger partial charge in [-0.3, -0.25) is 19.3 Å². The summed E-state index contributed by atoms with van der Waals surface area (Å²) in [6, 6.07) is 11.9. The van der Waals surface area contributed by atoms with Gasteiger partial charge in [-0.1, -0.05) is 18.2 Å². The zero-order valence-electron chi connectivity index (χ0n) is 22.8. The molecule has 0 aliphatic carbocycles. The molecule has 4 heterocycles. The summed E-state index contributed by atoms with van der Waals surface area (Å²) in [7, 11) is 0. The fraction of sp³-hybridized carbons (Fsp3) is 0.387. The number of carbonyl (C=O) groups excluding carboxylic acids is 3. The van der Waals surface area contributed by atoms with Gasteiger partial charge in [0.05, 0.1) is 40.4 Å². The molecular weight excluding hydrogens is 567 g/mol. The molecule has 1 aromatic heterocycles. The maximum Gasteiger partial charge on any atom is 0.416 e. The van der Waals surface area contributed by atoms with Crippen LogP contribution in [0.1, 0.15) is 63.1 Å². The van der Waals surface area contributed by atoms with Crippen molar-refractivity contribution in [1.82, 2.24) is 9.80 Å². The van der Waals surface area contributed by atoms with Gasteiger partial charge in [0.1, 0.15) is 0 Å². The van der Waals surface area contributed by atoms with Gasteiger partial charge in [0.15, 0.2) is 0 Å². The Morgan fingerprint density at radius 1 is 1.02 bits per heavy atom. The molecule has 7 nitrogen and oxygen atoms in total. The minimum Gasteiger partial charge on any atom is -0.385 e. The van der Waals surface area contributed by atoms with Gasteiger partial charge in [-0.05, 0) is 77.9 Å². The van der Waals surface area contributed by atoms with E-state index < -0.39 is 17.3 Å². The van der Waals surface area contributed by atoms with Gasteiger partial charge in [-0.15, -0.1) is 0 Å². The lowest BCUT2D eigenvalue weighted by Gasteiger charge is -2.41. The quantitative estimate of drug-likeness (QED) is 0.405. The van der Waals surface area contributed by atoms with Crippen LogP contribution in [0.3, 0.4) is 0 Å². The van der Waals surface area contributed by atoms with Crippen molar-refractivity contribution in [3.8, 4) is 0 Å². The van der Waals surface area contributed by atoms with Crippen molar-refractivity contribution in [2.24, 2.45) is 5.92 Å². The number of carbonyl (C=O) groups is 3. The number of amides is 3. The number of piperidine rings is 2. The summed E-state index contributed by atoms with van der Waals surface area (Å²) < 4.78 is 39.7. The van der Waals surface area contributed by atoms with Crippen LogP contribution in [0.25, 0.3) is 0 Å². The van der Waals surface area contributed by atoms with Crippen LogP contribution >= 0.6 is 11.3 Å². The minimum absolute atomic E-state index is 0.0696. The van der Waals surface area contributed by atoms with E-state index >= 15 is 0 Å². The summed E-state index contributed by atoms with van der Waals surface area (Å²) in [6.45, 7) is 1.69. The first kappa shape index (κ1) is 28.4. The number of benzene rings is 2. The maximum absolute atomic E-state index is 13.6. The van der Waals surface area contributed by atoms with Crippen LogP contribution in [0, 0.1) is 5.92 Å². The van der Waals surface area contributed by atoms with Gasteiger partial charge in [0.2, 0.25) is 5.91 Å². The molecule has 42 heavy (non-hydrogen) atoms.